The number of carbonyl (C=O) groups excluding carboxylic acids is 2. The number of nitrogens with one attached hydrogen (secondary N) is 2. The molecule has 0 aliphatic rings. The molecule has 0 aromatic heterocycles. The number of hydrogen-bond donors (Lipinski definition) is 3. The van der Waals surface area contributed by atoms with Gasteiger partial charge >= 0.3 is 12.0 Å². The number of nitrogens with zero attached hydrogens (tertiary/aromatic N) is 1. The lowest BCUT2D eigenvalue weighted by Crippen LogP contribution is -2.52. The van der Waals surface area contributed by atoms with Crippen LogP contribution in [-0.2, 0) is 9.59 Å². The molecule has 3 amide bonds. The Balaban J connectivity index is 4.51. The maximum Gasteiger partial charge on any atom is 0.318 e. The maximum atomic E-state index is 12.0. The summed E-state index contributed by atoms with van der Waals surface area (Å²) in [5.41, 5.74) is 0. The van der Waals surface area contributed by atoms with E-state index in [1.165, 1.54) is 4.90 Å². The number of urea groups is 1. The highest BCUT2D eigenvalue weighted by Crippen LogP contribution is 2.04. The minimum Gasteiger partial charge on any atom is -0.481 e. The van der Waals surface area contributed by atoms with Crippen molar-refractivity contribution in [3.63, 3.8) is 0 Å². The molecule has 0 aliphatic heterocycles. The van der Waals surface area contributed by atoms with E-state index < -0.39 is 24.1 Å². The predicted octanol–water partition coefficient (Wildman–Crippen LogP) is 0.406. The van der Waals surface area contributed by atoms with Crippen LogP contribution in [0.5, 0.6) is 0 Å². The summed E-state index contributed by atoms with van der Waals surface area (Å²) in [5.74, 6) is -1.23. The molecule has 0 heterocycles. The van der Waals surface area contributed by atoms with E-state index in [1.807, 2.05) is 0 Å². The molecule has 0 rings (SSSR count). The zero-order valence-corrected chi connectivity index (χ0v) is 11.9. The number of carboxylic acids is 1. The van der Waals surface area contributed by atoms with Gasteiger partial charge in [0.1, 0.15) is 6.04 Å². The summed E-state index contributed by atoms with van der Waals surface area (Å²) in [7, 11) is 0. The predicted molar refractivity (Wildman–Crippen MR) is 70.8 cm³/mol. The molecule has 0 aromatic carbocycles. The molecular formula is C12H23N3O4. The Labute approximate surface area is 113 Å². The minimum atomic E-state index is -0.962. The normalized spacial score (nSPS) is 13.3. The first-order valence-corrected chi connectivity index (χ1v) is 6.40. The average molecular weight is 273 g/mol. The summed E-state index contributed by atoms with van der Waals surface area (Å²) in [6, 6.07) is -1.52. The van der Waals surface area contributed by atoms with Crippen LogP contribution < -0.4 is 10.6 Å². The number of hydrogen-bond acceptors (Lipinski definition) is 3. The van der Waals surface area contributed by atoms with E-state index in [4.69, 9.17) is 5.11 Å². The van der Waals surface area contributed by atoms with Gasteiger partial charge in [0.25, 0.3) is 0 Å². The van der Waals surface area contributed by atoms with Crippen LogP contribution in [0.25, 0.3) is 0 Å². The summed E-state index contributed by atoms with van der Waals surface area (Å²) in [4.78, 5) is 35.5. The van der Waals surface area contributed by atoms with Gasteiger partial charge in [0.2, 0.25) is 5.91 Å². The Bertz CT molecular complexity index is 333. The van der Waals surface area contributed by atoms with Crippen LogP contribution in [-0.4, -0.2) is 53.1 Å². The molecule has 2 atom stereocenters. The molecule has 7 nitrogen and oxygen atoms in total. The highest BCUT2D eigenvalue weighted by atomic mass is 16.4. The quantitative estimate of drug-likeness (QED) is 0.625. The van der Waals surface area contributed by atoms with Crippen molar-refractivity contribution in [3.05, 3.63) is 0 Å². The summed E-state index contributed by atoms with van der Waals surface area (Å²) in [6.45, 7) is 7.66. The van der Waals surface area contributed by atoms with Gasteiger partial charge < -0.3 is 20.6 Å². The van der Waals surface area contributed by atoms with Crippen LogP contribution in [0.3, 0.4) is 0 Å². The Morgan fingerprint density at radius 3 is 2.21 bits per heavy atom. The summed E-state index contributed by atoms with van der Waals surface area (Å²) in [6.07, 6.45) is -0.128. The highest BCUT2D eigenvalue weighted by molar-refractivity contribution is 5.86. The summed E-state index contributed by atoms with van der Waals surface area (Å²) in [5, 5.41) is 13.9. The Morgan fingerprint density at radius 2 is 1.79 bits per heavy atom. The van der Waals surface area contributed by atoms with Gasteiger partial charge in [0.15, 0.2) is 0 Å². The number of aliphatic carboxylic acids is 1. The van der Waals surface area contributed by atoms with Gasteiger partial charge in [-0.1, -0.05) is 0 Å². The van der Waals surface area contributed by atoms with Gasteiger partial charge in [-0.2, -0.15) is 0 Å². The summed E-state index contributed by atoms with van der Waals surface area (Å²) >= 11 is 0. The number of amides is 3. The number of carboxylic acid groups (broad SMARTS) is 1. The molecular weight excluding hydrogens is 250 g/mol. The van der Waals surface area contributed by atoms with Crippen molar-refractivity contribution < 1.29 is 19.5 Å². The van der Waals surface area contributed by atoms with Crippen molar-refractivity contribution in [2.75, 3.05) is 13.1 Å². The first-order valence-electron chi connectivity index (χ1n) is 6.40. The molecule has 0 saturated heterocycles. The van der Waals surface area contributed by atoms with Gasteiger partial charge in [-0.25, -0.2) is 4.79 Å². The largest absolute Gasteiger partial charge is 0.481 e. The van der Waals surface area contributed by atoms with Crippen molar-refractivity contribution in [2.45, 2.75) is 46.2 Å². The lowest BCUT2D eigenvalue weighted by atomic mass is 10.2. The zero-order valence-electron chi connectivity index (χ0n) is 11.9. The van der Waals surface area contributed by atoms with E-state index in [9.17, 15) is 14.4 Å². The van der Waals surface area contributed by atoms with Gasteiger partial charge in [-0.3, -0.25) is 9.59 Å². The standard InChI is InChI=1S/C12H23N3O4/c1-5-13-11(18)9(4)14-12(19)15(6-2)8(3)7-10(16)17/h8-9H,5-7H2,1-4H3,(H,13,18)(H,14,19)(H,16,17). The Hall–Kier alpha value is -1.79. The molecule has 110 valence electrons. The van der Waals surface area contributed by atoms with Crippen LogP contribution in [0.1, 0.15) is 34.1 Å². The summed E-state index contributed by atoms with van der Waals surface area (Å²) < 4.78 is 0. The molecule has 0 bridgehead atoms. The van der Waals surface area contributed by atoms with Crippen molar-refractivity contribution >= 4 is 17.9 Å². The Kier molecular flexibility index (Phi) is 7.55. The van der Waals surface area contributed by atoms with E-state index >= 15 is 0 Å². The maximum absolute atomic E-state index is 12.0. The van der Waals surface area contributed by atoms with Crippen LogP contribution in [0.15, 0.2) is 0 Å². The van der Waals surface area contributed by atoms with Crippen LogP contribution in [0.4, 0.5) is 4.79 Å². The molecule has 0 spiro atoms. The van der Waals surface area contributed by atoms with E-state index in [0.717, 1.165) is 0 Å². The zero-order chi connectivity index (χ0) is 15.0. The SMILES string of the molecule is CCNC(=O)C(C)NC(=O)N(CC)C(C)CC(=O)O. The monoisotopic (exact) mass is 273 g/mol. The van der Waals surface area contributed by atoms with Gasteiger partial charge in [0, 0.05) is 19.1 Å². The second kappa shape index (κ2) is 8.34. The topological polar surface area (TPSA) is 98.7 Å². The molecule has 0 saturated carbocycles. The van der Waals surface area contributed by atoms with Crippen LogP contribution in [0, 0.1) is 0 Å². The third-order valence-corrected chi connectivity index (χ3v) is 2.69. The number of rotatable bonds is 7. The molecule has 19 heavy (non-hydrogen) atoms. The second-order valence-corrected chi connectivity index (χ2v) is 4.30. The fourth-order valence-electron chi connectivity index (χ4n) is 1.68. The first kappa shape index (κ1) is 17.2. The molecule has 0 aliphatic carbocycles. The van der Waals surface area contributed by atoms with Gasteiger partial charge in [0.05, 0.1) is 6.42 Å². The molecule has 2 unspecified atom stereocenters. The third kappa shape index (κ3) is 6.08. The molecule has 3 N–H and O–H groups in total. The van der Waals surface area contributed by atoms with Crippen LogP contribution >= 0.6 is 0 Å². The second-order valence-electron chi connectivity index (χ2n) is 4.30. The van der Waals surface area contributed by atoms with E-state index in [2.05, 4.69) is 10.6 Å². The molecule has 0 radical (unpaired) electrons. The van der Waals surface area contributed by atoms with E-state index in [1.54, 1.807) is 27.7 Å². The van der Waals surface area contributed by atoms with Crippen LogP contribution in [0.2, 0.25) is 0 Å². The average Bonchev–Trinajstić information content (AvgIpc) is 2.28. The highest BCUT2D eigenvalue weighted by Gasteiger charge is 2.23. The van der Waals surface area contributed by atoms with E-state index in [-0.39, 0.29) is 12.3 Å². The van der Waals surface area contributed by atoms with Crippen molar-refractivity contribution in [1.82, 2.24) is 15.5 Å². The van der Waals surface area contributed by atoms with E-state index in [0.29, 0.717) is 13.1 Å². The minimum absolute atomic E-state index is 0.128. The lowest BCUT2D eigenvalue weighted by molar-refractivity contribution is -0.138. The smallest absolute Gasteiger partial charge is 0.318 e. The van der Waals surface area contributed by atoms with Crippen molar-refractivity contribution in [3.8, 4) is 0 Å². The fourth-order valence-corrected chi connectivity index (χ4v) is 1.68. The van der Waals surface area contributed by atoms with Gasteiger partial charge in [-0.05, 0) is 27.7 Å². The first-order chi connectivity index (χ1) is 8.83. The number of likely N-dealkylation sites (N-methyl/N-ethyl adjacent to an activating group) is 1. The fraction of sp³-hybridized carbons (Fsp3) is 0.750. The van der Waals surface area contributed by atoms with Crippen molar-refractivity contribution in [1.29, 1.82) is 0 Å². The molecule has 7 heteroatoms. The molecule has 0 aromatic rings. The van der Waals surface area contributed by atoms with Crippen molar-refractivity contribution in [2.24, 2.45) is 0 Å². The van der Waals surface area contributed by atoms with Gasteiger partial charge in [-0.15, -0.1) is 0 Å². The Morgan fingerprint density at radius 1 is 1.21 bits per heavy atom. The number of carbonyl (C=O) groups is 3. The molecule has 0 fully saturated rings. The lowest BCUT2D eigenvalue weighted by Gasteiger charge is -2.28. The third-order valence-electron chi connectivity index (χ3n) is 2.69.